The molecule has 0 spiro atoms. The Balaban J connectivity index is 4.06. The average Bonchev–Trinajstić information content (AvgIpc) is 2.86. The molecule has 0 aliphatic carbocycles. The Hall–Kier alpha value is 0.530. The highest BCUT2D eigenvalue weighted by atomic mass is 32.5. The molecule has 0 aliphatic rings. The standard InChI is InChI=1S/C30H63O3PS/c1-4-7-10-13-16-19-22-25-28-31-34(35,32-29-26-23-20-17-14-11-8-5-2)33-30-27-24-21-18-15-12-9-6-3/h4-30H2,1-3H3. The molecule has 0 atom stereocenters. The normalized spacial score (nSPS) is 12.0. The molecule has 0 bridgehead atoms. The summed E-state index contributed by atoms with van der Waals surface area (Å²) < 4.78 is 18.3. The van der Waals surface area contributed by atoms with Gasteiger partial charge in [0.15, 0.2) is 0 Å². The Labute approximate surface area is 226 Å². The first-order chi connectivity index (χ1) is 17.2. The molecular weight excluding hydrogens is 471 g/mol. The van der Waals surface area contributed by atoms with E-state index in [4.69, 9.17) is 25.4 Å². The number of rotatable bonds is 30. The largest absolute Gasteiger partial charge is 0.327 e. The van der Waals surface area contributed by atoms with Gasteiger partial charge in [-0.1, -0.05) is 156 Å². The van der Waals surface area contributed by atoms with Crippen LogP contribution in [0, 0.1) is 0 Å². The summed E-state index contributed by atoms with van der Waals surface area (Å²) in [4.78, 5) is 0. The molecule has 0 aliphatic heterocycles. The first-order valence-electron chi connectivity index (χ1n) is 15.7. The summed E-state index contributed by atoms with van der Waals surface area (Å²) in [7, 11) is 0. The Morgan fingerprint density at radius 2 is 0.543 bits per heavy atom. The molecule has 0 saturated carbocycles. The van der Waals surface area contributed by atoms with Crippen LogP contribution in [-0.2, 0) is 25.4 Å². The van der Waals surface area contributed by atoms with E-state index in [0.717, 1.165) is 19.3 Å². The van der Waals surface area contributed by atoms with E-state index in [2.05, 4.69) is 20.8 Å². The second-order valence-corrected chi connectivity index (χ2v) is 13.4. The first kappa shape index (κ1) is 35.5. The van der Waals surface area contributed by atoms with Gasteiger partial charge in [-0.15, -0.1) is 0 Å². The van der Waals surface area contributed by atoms with Crippen LogP contribution in [0.4, 0.5) is 0 Å². The predicted molar refractivity (Wildman–Crippen MR) is 160 cm³/mol. The quantitative estimate of drug-likeness (QED) is 0.0676. The highest BCUT2D eigenvalue weighted by Gasteiger charge is 2.20. The van der Waals surface area contributed by atoms with Crippen molar-refractivity contribution in [2.75, 3.05) is 19.8 Å². The van der Waals surface area contributed by atoms with Gasteiger partial charge in [0.25, 0.3) is 0 Å². The smallest absolute Gasteiger partial charge is 0.309 e. The molecule has 0 aromatic rings. The molecule has 0 rings (SSSR count). The average molecular weight is 535 g/mol. The second-order valence-electron chi connectivity index (χ2n) is 10.4. The maximum absolute atomic E-state index is 6.10. The van der Waals surface area contributed by atoms with Gasteiger partial charge in [0.1, 0.15) is 0 Å². The van der Waals surface area contributed by atoms with Crippen molar-refractivity contribution in [1.29, 1.82) is 0 Å². The van der Waals surface area contributed by atoms with E-state index >= 15 is 0 Å². The van der Waals surface area contributed by atoms with E-state index in [9.17, 15) is 0 Å². The summed E-state index contributed by atoms with van der Waals surface area (Å²) in [5.41, 5.74) is 0. The fourth-order valence-corrected chi connectivity index (χ4v) is 6.30. The number of hydrogen-bond donors (Lipinski definition) is 0. The van der Waals surface area contributed by atoms with Gasteiger partial charge in [0.2, 0.25) is 0 Å². The number of hydrogen-bond acceptors (Lipinski definition) is 4. The Kier molecular flexibility index (Phi) is 29.5. The molecule has 0 radical (unpaired) electrons. The molecule has 3 nitrogen and oxygen atoms in total. The molecule has 0 heterocycles. The van der Waals surface area contributed by atoms with Crippen molar-refractivity contribution in [3.63, 3.8) is 0 Å². The molecular formula is C30H63O3PS. The molecule has 0 amide bonds. The first-order valence-corrected chi connectivity index (χ1v) is 18.3. The highest BCUT2D eigenvalue weighted by molar-refractivity contribution is 8.07. The predicted octanol–water partition coefficient (Wildman–Crippen LogP) is 11.7. The Morgan fingerprint density at radius 1 is 0.343 bits per heavy atom. The Morgan fingerprint density at radius 3 is 0.771 bits per heavy atom. The molecule has 0 N–H and O–H groups in total. The highest BCUT2D eigenvalue weighted by Crippen LogP contribution is 2.50. The zero-order valence-electron chi connectivity index (χ0n) is 24.2. The zero-order chi connectivity index (χ0) is 25.7. The van der Waals surface area contributed by atoms with Crippen LogP contribution in [-0.4, -0.2) is 19.8 Å². The minimum atomic E-state index is -2.60. The van der Waals surface area contributed by atoms with E-state index < -0.39 is 6.72 Å². The van der Waals surface area contributed by atoms with Gasteiger partial charge in [-0.3, -0.25) is 0 Å². The van der Waals surface area contributed by atoms with Gasteiger partial charge < -0.3 is 13.6 Å². The zero-order valence-corrected chi connectivity index (χ0v) is 25.9. The van der Waals surface area contributed by atoms with E-state index in [0.29, 0.717) is 19.8 Å². The van der Waals surface area contributed by atoms with Crippen LogP contribution in [0.25, 0.3) is 0 Å². The van der Waals surface area contributed by atoms with Crippen molar-refractivity contribution >= 4 is 18.5 Å². The maximum atomic E-state index is 6.10. The lowest BCUT2D eigenvalue weighted by Gasteiger charge is -2.22. The van der Waals surface area contributed by atoms with Gasteiger partial charge in [0.05, 0.1) is 19.8 Å². The van der Waals surface area contributed by atoms with Gasteiger partial charge in [-0.2, -0.15) is 0 Å². The number of unbranched alkanes of at least 4 members (excludes halogenated alkanes) is 21. The molecule has 0 aromatic carbocycles. The van der Waals surface area contributed by atoms with Crippen LogP contribution in [0.5, 0.6) is 0 Å². The van der Waals surface area contributed by atoms with Crippen LogP contribution >= 0.6 is 6.72 Å². The monoisotopic (exact) mass is 534 g/mol. The summed E-state index contributed by atoms with van der Waals surface area (Å²) in [5, 5.41) is 0. The lowest BCUT2D eigenvalue weighted by Crippen LogP contribution is -2.04. The van der Waals surface area contributed by atoms with Gasteiger partial charge in [0, 0.05) is 0 Å². The summed E-state index contributed by atoms with van der Waals surface area (Å²) in [6, 6.07) is 0. The topological polar surface area (TPSA) is 27.7 Å². The minimum absolute atomic E-state index is 0.682. The van der Waals surface area contributed by atoms with Crippen LogP contribution in [0.3, 0.4) is 0 Å². The van der Waals surface area contributed by atoms with Crippen molar-refractivity contribution < 1.29 is 13.6 Å². The van der Waals surface area contributed by atoms with Gasteiger partial charge in [-0.25, -0.2) is 0 Å². The third kappa shape index (κ3) is 27.4. The maximum Gasteiger partial charge on any atom is 0.327 e. The SMILES string of the molecule is CCCCCCCCCCOP(=S)(OCCCCCCCCCC)OCCCCCCCCCC. The van der Waals surface area contributed by atoms with Crippen molar-refractivity contribution in [2.45, 2.75) is 175 Å². The summed E-state index contributed by atoms with van der Waals surface area (Å²) in [5.74, 6) is 0. The molecule has 212 valence electrons. The van der Waals surface area contributed by atoms with Crippen molar-refractivity contribution in [3.8, 4) is 0 Å². The van der Waals surface area contributed by atoms with Crippen LogP contribution in [0.15, 0.2) is 0 Å². The molecule has 0 unspecified atom stereocenters. The molecule has 35 heavy (non-hydrogen) atoms. The molecule has 5 heteroatoms. The minimum Gasteiger partial charge on any atom is -0.309 e. The molecule has 0 saturated heterocycles. The fourth-order valence-electron chi connectivity index (χ4n) is 4.35. The van der Waals surface area contributed by atoms with Crippen LogP contribution in [0.2, 0.25) is 0 Å². The van der Waals surface area contributed by atoms with Gasteiger partial charge >= 0.3 is 6.72 Å². The van der Waals surface area contributed by atoms with Gasteiger partial charge in [-0.05, 0) is 31.1 Å². The fraction of sp³-hybridized carbons (Fsp3) is 1.00. The lowest BCUT2D eigenvalue weighted by molar-refractivity contribution is 0.150. The lowest BCUT2D eigenvalue weighted by atomic mass is 10.1. The van der Waals surface area contributed by atoms with E-state index in [-0.39, 0.29) is 0 Å². The summed E-state index contributed by atoms with van der Waals surface area (Å²) in [6.45, 7) is 6.27. The van der Waals surface area contributed by atoms with E-state index in [1.807, 2.05) is 0 Å². The van der Waals surface area contributed by atoms with E-state index in [1.165, 1.54) is 135 Å². The van der Waals surface area contributed by atoms with Crippen molar-refractivity contribution in [3.05, 3.63) is 0 Å². The molecule has 0 fully saturated rings. The Bertz CT molecular complexity index is 386. The third-order valence-electron chi connectivity index (χ3n) is 6.74. The van der Waals surface area contributed by atoms with E-state index in [1.54, 1.807) is 0 Å². The third-order valence-corrected chi connectivity index (χ3v) is 9.19. The van der Waals surface area contributed by atoms with Crippen LogP contribution in [0.1, 0.15) is 175 Å². The second kappa shape index (κ2) is 29.1. The van der Waals surface area contributed by atoms with Crippen LogP contribution < -0.4 is 0 Å². The van der Waals surface area contributed by atoms with Crippen molar-refractivity contribution in [2.24, 2.45) is 0 Å². The van der Waals surface area contributed by atoms with Crippen molar-refractivity contribution in [1.82, 2.24) is 0 Å². The molecule has 0 aromatic heterocycles. The summed E-state index contributed by atoms with van der Waals surface area (Å²) in [6.07, 6.45) is 31.1. The summed E-state index contributed by atoms with van der Waals surface area (Å²) >= 11 is 5.79.